The molecular weight excluding hydrogens is 562 g/mol. The Bertz CT molecular complexity index is 1570. The number of aryl methyl sites for hydroxylation is 1. The van der Waals surface area contributed by atoms with Crippen molar-refractivity contribution in [3.05, 3.63) is 77.4 Å². The molecule has 2 unspecified atom stereocenters. The molecule has 3 aromatic carbocycles. The molecule has 5 rings (SSSR count). The van der Waals surface area contributed by atoms with Gasteiger partial charge in [-0.05, 0) is 67.1 Å². The Morgan fingerprint density at radius 1 is 1.05 bits per heavy atom. The summed E-state index contributed by atoms with van der Waals surface area (Å²) >= 11 is 0. The summed E-state index contributed by atoms with van der Waals surface area (Å²) in [6.07, 6.45) is 2.28. The van der Waals surface area contributed by atoms with Gasteiger partial charge in [0.15, 0.2) is 11.5 Å². The van der Waals surface area contributed by atoms with Crippen molar-refractivity contribution < 1.29 is 28.5 Å². The molecule has 0 aliphatic carbocycles. The van der Waals surface area contributed by atoms with Gasteiger partial charge < -0.3 is 29.2 Å². The highest BCUT2D eigenvalue weighted by Crippen LogP contribution is 2.41. The first-order valence-corrected chi connectivity index (χ1v) is 14.7. The SMILES string of the molecule is COc1cc(C(C(=O)NCC2CCCO2)N(CCc2ccccc2C)C(=O)Cn2nnc3ccccc32)cc(OC)c1OC. The second-order valence-corrected chi connectivity index (χ2v) is 10.7. The van der Waals surface area contributed by atoms with Crippen LogP contribution < -0.4 is 19.5 Å². The van der Waals surface area contributed by atoms with Gasteiger partial charge in [0.2, 0.25) is 17.6 Å². The van der Waals surface area contributed by atoms with E-state index in [1.165, 1.54) is 21.3 Å². The number of para-hydroxylation sites is 1. The molecule has 1 N–H and O–H groups in total. The number of fused-ring (bicyclic) bond motifs is 1. The van der Waals surface area contributed by atoms with Crippen molar-refractivity contribution in [3.63, 3.8) is 0 Å². The van der Waals surface area contributed by atoms with Crippen LogP contribution in [0.5, 0.6) is 17.2 Å². The minimum atomic E-state index is -1.02. The van der Waals surface area contributed by atoms with Crippen LogP contribution in [0.15, 0.2) is 60.7 Å². The number of nitrogens with zero attached hydrogens (tertiary/aromatic N) is 4. The summed E-state index contributed by atoms with van der Waals surface area (Å²) in [6.45, 7) is 3.21. The summed E-state index contributed by atoms with van der Waals surface area (Å²) in [5.74, 6) is 0.528. The number of methoxy groups -OCH3 is 3. The van der Waals surface area contributed by atoms with Crippen LogP contribution in [0.25, 0.3) is 11.0 Å². The summed E-state index contributed by atoms with van der Waals surface area (Å²) in [7, 11) is 4.56. The highest BCUT2D eigenvalue weighted by Gasteiger charge is 2.34. The maximum atomic E-state index is 14.3. The van der Waals surface area contributed by atoms with Gasteiger partial charge in [-0.3, -0.25) is 9.59 Å². The molecule has 232 valence electrons. The molecule has 2 atom stereocenters. The van der Waals surface area contributed by atoms with E-state index in [9.17, 15) is 9.59 Å². The predicted octanol–water partition coefficient (Wildman–Crippen LogP) is 3.87. The van der Waals surface area contributed by atoms with E-state index < -0.39 is 6.04 Å². The Labute approximate surface area is 257 Å². The standard InChI is InChI=1S/C33H39N5O6/c1-22-10-5-6-11-23(22)15-16-37(30(39)21-38-27-14-8-7-13-26(27)35-36-38)31(33(40)34-20-25-12-9-17-44-25)24-18-28(41-2)32(43-4)29(19-24)42-3/h5-8,10-11,13-14,18-19,25,31H,9,12,15-17,20-21H2,1-4H3,(H,34,40). The van der Waals surface area contributed by atoms with Gasteiger partial charge in [0.25, 0.3) is 0 Å². The van der Waals surface area contributed by atoms with E-state index >= 15 is 0 Å². The monoisotopic (exact) mass is 601 g/mol. The first kappa shape index (κ1) is 30.8. The minimum absolute atomic E-state index is 0.0721. The fourth-order valence-corrected chi connectivity index (χ4v) is 5.63. The van der Waals surface area contributed by atoms with Crippen molar-refractivity contribution in [2.45, 2.75) is 44.9 Å². The van der Waals surface area contributed by atoms with Gasteiger partial charge >= 0.3 is 0 Å². The van der Waals surface area contributed by atoms with E-state index in [0.717, 1.165) is 29.5 Å². The lowest BCUT2D eigenvalue weighted by atomic mass is 10.00. The van der Waals surface area contributed by atoms with Crippen molar-refractivity contribution in [1.82, 2.24) is 25.2 Å². The Kier molecular flexibility index (Phi) is 9.96. The Morgan fingerprint density at radius 2 is 1.77 bits per heavy atom. The normalized spacial score (nSPS) is 15.1. The number of carbonyl (C=O) groups is 2. The highest BCUT2D eigenvalue weighted by molar-refractivity contribution is 5.89. The number of rotatable bonds is 13. The molecule has 0 bridgehead atoms. The second-order valence-electron chi connectivity index (χ2n) is 10.7. The fraction of sp³-hybridized carbons (Fsp3) is 0.394. The van der Waals surface area contributed by atoms with E-state index in [2.05, 4.69) is 15.6 Å². The molecule has 2 heterocycles. The number of ether oxygens (including phenoxy) is 4. The molecule has 2 amide bonds. The van der Waals surface area contributed by atoms with E-state index in [4.69, 9.17) is 18.9 Å². The molecular formula is C33H39N5O6. The number of amides is 2. The Balaban J connectivity index is 1.56. The second kappa shape index (κ2) is 14.2. The quantitative estimate of drug-likeness (QED) is 0.246. The molecule has 4 aromatic rings. The molecule has 0 spiro atoms. The van der Waals surface area contributed by atoms with Gasteiger partial charge in [-0.1, -0.05) is 41.6 Å². The van der Waals surface area contributed by atoms with Crippen LogP contribution in [0.4, 0.5) is 0 Å². The van der Waals surface area contributed by atoms with E-state index in [0.29, 0.717) is 47.9 Å². The minimum Gasteiger partial charge on any atom is -0.493 e. The van der Waals surface area contributed by atoms with Gasteiger partial charge in [0.1, 0.15) is 18.1 Å². The number of hydrogen-bond acceptors (Lipinski definition) is 8. The zero-order valence-electron chi connectivity index (χ0n) is 25.6. The zero-order valence-corrected chi connectivity index (χ0v) is 25.6. The lowest BCUT2D eigenvalue weighted by Gasteiger charge is -2.32. The van der Waals surface area contributed by atoms with Crippen molar-refractivity contribution in [3.8, 4) is 17.2 Å². The maximum absolute atomic E-state index is 14.3. The molecule has 1 aliphatic rings. The third kappa shape index (κ3) is 6.78. The fourth-order valence-electron chi connectivity index (χ4n) is 5.63. The number of nitrogens with one attached hydrogen (secondary N) is 1. The van der Waals surface area contributed by atoms with Crippen LogP contribution in [0.2, 0.25) is 0 Å². The average Bonchev–Trinajstić information content (AvgIpc) is 3.72. The summed E-state index contributed by atoms with van der Waals surface area (Å²) in [5.41, 5.74) is 4.12. The lowest BCUT2D eigenvalue weighted by Crippen LogP contribution is -2.47. The van der Waals surface area contributed by atoms with Crippen molar-refractivity contribution in [1.29, 1.82) is 0 Å². The zero-order chi connectivity index (χ0) is 31.1. The van der Waals surface area contributed by atoms with Gasteiger partial charge in [-0.15, -0.1) is 5.10 Å². The topological polar surface area (TPSA) is 117 Å². The van der Waals surface area contributed by atoms with Gasteiger partial charge in [-0.25, -0.2) is 4.68 Å². The van der Waals surface area contributed by atoms with Crippen molar-refractivity contribution in [2.75, 3.05) is 41.0 Å². The molecule has 1 aliphatic heterocycles. The molecule has 1 aromatic heterocycles. The third-order valence-corrected chi connectivity index (χ3v) is 8.00. The molecule has 0 radical (unpaired) electrons. The summed E-state index contributed by atoms with van der Waals surface area (Å²) in [4.78, 5) is 30.1. The molecule has 11 nitrogen and oxygen atoms in total. The molecule has 11 heteroatoms. The third-order valence-electron chi connectivity index (χ3n) is 8.00. The average molecular weight is 602 g/mol. The molecule has 1 fully saturated rings. The van der Waals surface area contributed by atoms with E-state index in [1.54, 1.807) is 21.7 Å². The van der Waals surface area contributed by atoms with Crippen LogP contribution in [0, 0.1) is 6.92 Å². The van der Waals surface area contributed by atoms with E-state index in [1.807, 2.05) is 55.5 Å². The highest BCUT2D eigenvalue weighted by atomic mass is 16.5. The summed E-state index contributed by atoms with van der Waals surface area (Å²) in [6, 6.07) is 17.9. The van der Waals surface area contributed by atoms with Gasteiger partial charge in [0.05, 0.1) is 33.0 Å². The van der Waals surface area contributed by atoms with Gasteiger partial charge in [0, 0.05) is 19.7 Å². The van der Waals surface area contributed by atoms with Crippen molar-refractivity contribution >= 4 is 22.8 Å². The lowest BCUT2D eigenvalue weighted by molar-refractivity contribution is -0.141. The Morgan fingerprint density at radius 3 is 2.45 bits per heavy atom. The number of benzene rings is 3. The first-order valence-electron chi connectivity index (χ1n) is 14.7. The van der Waals surface area contributed by atoms with Crippen LogP contribution in [0.3, 0.4) is 0 Å². The van der Waals surface area contributed by atoms with E-state index in [-0.39, 0.29) is 31.0 Å². The predicted molar refractivity (Wildman–Crippen MR) is 165 cm³/mol. The van der Waals surface area contributed by atoms with Gasteiger partial charge in [-0.2, -0.15) is 0 Å². The van der Waals surface area contributed by atoms with Crippen LogP contribution in [-0.2, 0) is 27.3 Å². The molecule has 44 heavy (non-hydrogen) atoms. The van der Waals surface area contributed by atoms with Crippen LogP contribution in [0.1, 0.15) is 35.6 Å². The maximum Gasteiger partial charge on any atom is 0.247 e. The van der Waals surface area contributed by atoms with Crippen LogP contribution in [-0.4, -0.2) is 78.8 Å². The molecule has 1 saturated heterocycles. The number of hydrogen-bond donors (Lipinski definition) is 1. The van der Waals surface area contributed by atoms with Crippen molar-refractivity contribution in [2.24, 2.45) is 0 Å². The Hall–Kier alpha value is -4.64. The van der Waals surface area contributed by atoms with Crippen LogP contribution >= 0.6 is 0 Å². The summed E-state index contributed by atoms with van der Waals surface area (Å²) in [5, 5.41) is 11.5. The molecule has 0 saturated carbocycles. The number of carbonyl (C=O) groups excluding carboxylic acids is 2. The smallest absolute Gasteiger partial charge is 0.247 e. The summed E-state index contributed by atoms with van der Waals surface area (Å²) < 4.78 is 24.1. The largest absolute Gasteiger partial charge is 0.493 e. The number of aromatic nitrogens is 3. The first-order chi connectivity index (χ1) is 21.4.